The second-order valence-electron chi connectivity index (χ2n) is 10.3. The SMILES string of the molecule is COc1ccc2c3c1O[C@]14COC(=O)[C@@]5(C)C[C@@]6(C=C[C@]15OC)[C@@H](C2)N(C)CC[C@]346. The predicted molar refractivity (Wildman–Crippen MR) is 108 cm³/mol. The van der Waals surface area contributed by atoms with Crippen molar-refractivity contribution in [3.05, 3.63) is 35.4 Å². The van der Waals surface area contributed by atoms with Gasteiger partial charge >= 0.3 is 5.97 Å². The number of hydrogen-bond acceptors (Lipinski definition) is 6. The van der Waals surface area contributed by atoms with Gasteiger partial charge < -0.3 is 23.8 Å². The third kappa shape index (κ3) is 1.29. The summed E-state index contributed by atoms with van der Waals surface area (Å²) in [5.74, 6) is 1.41. The van der Waals surface area contributed by atoms with Crippen LogP contribution in [0.25, 0.3) is 0 Å². The number of rotatable bonds is 2. The Kier molecular flexibility index (Phi) is 2.78. The summed E-state index contributed by atoms with van der Waals surface area (Å²) in [5.41, 5.74) is -0.389. The first-order chi connectivity index (χ1) is 14.4. The summed E-state index contributed by atoms with van der Waals surface area (Å²) in [6.07, 6.45) is 7.13. The number of likely N-dealkylation sites (tertiary alicyclic amines) is 1. The van der Waals surface area contributed by atoms with E-state index < -0.39 is 16.6 Å². The van der Waals surface area contributed by atoms with Gasteiger partial charge in [-0.2, -0.15) is 0 Å². The zero-order valence-corrected chi connectivity index (χ0v) is 17.9. The molecule has 0 aromatic heterocycles. The molecule has 3 aliphatic heterocycles. The summed E-state index contributed by atoms with van der Waals surface area (Å²) >= 11 is 0. The minimum Gasteiger partial charge on any atom is -0.493 e. The fraction of sp³-hybridized carbons (Fsp3) is 0.625. The standard InChI is InChI=1S/C24H27NO5/c1-20-12-21-7-8-23(20,28-4)24(13-29-19(20)26)22(21)9-10-25(2)16(21)11-14-5-6-15(27-3)18(30-24)17(14)22/h5-8,16H,9-13H2,1-4H3/t16-,20-,21+,22-,23-,24+/m1/s1. The molecule has 1 aromatic carbocycles. The molecule has 0 amide bonds. The molecule has 0 radical (unpaired) electrons. The lowest BCUT2D eigenvalue weighted by Crippen LogP contribution is -2.90. The molecule has 2 saturated heterocycles. The van der Waals surface area contributed by atoms with Crippen molar-refractivity contribution in [3.8, 4) is 11.5 Å². The van der Waals surface area contributed by atoms with Gasteiger partial charge in [-0.15, -0.1) is 0 Å². The average Bonchev–Trinajstić information content (AvgIpc) is 3.05. The molecule has 3 spiro atoms. The highest BCUT2D eigenvalue weighted by Gasteiger charge is 2.90. The third-order valence-electron chi connectivity index (χ3n) is 9.85. The Bertz CT molecular complexity index is 1070. The molecule has 1 saturated carbocycles. The summed E-state index contributed by atoms with van der Waals surface area (Å²) in [6, 6.07) is 4.54. The number of ether oxygens (including phenoxy) is 4. The first-order valence-corrected chi connectivity index (χ1v) is 10.9. The van der Waals surface area contributed by atoms with E-state index in [1.807, 2.05) is 13.0 Å². The lowest BCUT2D eigenvalue weighted by Gasteiger charge is -2.77. The molecule has 7 aliphatic rings. The third-order valence-corrected chi connectivity index (χ3v) is 9.85. The Morgan fingerprint density at radius 2 is 2.07 bits per heavy atom. The molecule has 6 heteroatoms. The number of hydrogen-bond donors (Lipinski definition) is 0. The molecule has 30 heavy (non-hydrogen) atoms. The van der Waals surface area contributed by atoms with Crippen molar-refractivity contribution in [1.82, 2.24) is 4.90 Å². The highest BCUT2D eigenvalue weighted by Crippen LogP contribution is 2.81. The minimum atomic E-state index is -0.879. The number of nitrogens with zero attached hydrogens (tertiary/aromatic N) is 1. The van der Waals surface area contributed by atoms with Crippen LogP contribution in [0.5, 0.6) is 11.5 Å². The molecule has 1 aromatic rings. The van der Waals surface area contributed by atoms with Crippen LogP contribution in [0.2, 0.25) is 0 Å². The van der Waals surface area contributed by atoms with Crippen LogP contribution in [-0.2, 0) is 26.1 Å². The summed E-state index contributed by atoms with van der Waals surface area (Å²) in [7, 11) is 5.64. The Hall–Kier alpha value is -2.05. The summed E-state index contributed by atoms with van der Waals surface area (Å²) in [4.78, 5) is 15.8. The lowest BCUT2D eigenvalue weighted by atomic mass is 9.30. The van der Waals surface area contributed by atoms with Crippen LogP contribution < -0.4 is 9.47 Å². The normalized spacial score (nSPS) is 48.8. The predicted octanol–water partition coefficient (Wildman–Crippen LogP) is 2.23. The lowest BCUT2D eigenvalue weighted by molar-refractivity contribution is -0.322. The number of benzene rings is 1. The van der Waals surface area contributed by atoms with Crippen LogP contribution in [0.3, 0.4) is 0 Å². The van der Waals surface area contributed by atoms with E-state index in [0.29, 0.717) is 12.5 Å². The summed E-state index contributed by atoms with van der Waals surface area (Å²) < 4.78 is 25.1. The maximum atomic E-state index is 13.3. The number of carbonyl (C=O) groups is 1. The Morgan fingerprint density at radius 1 is 1.23 bits per heavy atom. The van der Waals surface area contributed by atoms with E-state index in [9.17, 15) is 4.79 Å². The van der Waals surface area contributed by atoms with Gasteiger partial charge in [0.1, 0.15) is 17.6 Å². The van der Waals surface area contributed by atoms with E-state index >= 15 is 0 Å². The second-order valence-corrected chi connectivity index (χ2v) is 10.3. The van der Waals surface area contributed by atoms with Crippen molar-refractivity contribution >= 4 is 5.97 Å². The minimum absolute atomic E-state index is 0.174. The molecule has 3 heterocycles. The fourth-order valence-electron chi connectivity index (χ4n) is 8.85. The van der Waals surface area contributed by atoms with Gasteiger partial charge in [0.25, 0.3) is 0 Å². The van der Waals surface area contributed by atoms with E-state index in [1.165, 1.54) is 11.1 Å². The van der Waals surface area contributed by atoms with Crippen LogP contribution in [0, 0.1) is 10.8 Å². The van der Waals surface area contributed by atoms with E-state index in [0.717, 1.165) is 30.9 Å². The van der Waals surface area contributed by atoms with Crippen molar-refractivity contribution < 1.29 is 23.7 Å². The number of cyclic esters (lactones) is 1. The molecular weight excluding hydrogens is 382 g/mol. The first kappa shape index (κ1) is 17.6. The number of piperidine rings is 1. The van der Waals surface area contributed by atoms with Gasteiger partial charge in [0.2, 0.25) is 0 Å². The molecular formula is C24H27NO5. The highest BCUT2D eigenvalue weighted by molar-refractivity contribution is 5.84. The Balaban J connectivity index is 1.67. The molecule has 8 rings (SSSR count). The van der Waals surface area contributed by atoms with Crippen LogP contribution in [0.15, 0.2) is 24.3 Å². The van der Waals surface area contributed by atoms with Gasteiger partial charge in [0.15, 0.2) is 17.1 Å². The quantitative estimate of drug-likeness (QED) is 0.552. The van der Waals surface area contributed by atoms with Gasteiger partial charge in [0, 0.05) is 24.1 Å². The molecule has 158 valence electrons. The molecule has 4 aliphatic carbocycles. The fourth-order valence-corrected chi connectivity index (χ4v) is 8.85. The average molecular weight is 409 g/mol. The van der Waals surface area contributed by atoms with Crippen molar-refractivity contribution in [2.45, 2.75) is 48.8 Å². The summed E-state index contributed by atoms with van der Waals surface area (Å²) in [5, 5.41) is 0. The van der Waals surface area contributed by atoms with E-state index in [-0.39, 0.29) is 23.4 Å². The zero-order chi connectivity index (χ0) is 20.7. The molecule has 3 fully saturated rings. The maximum absolute atomic E-state index is 13.3. The van der Waals surface area contributed by atoms with E-state index in [2.05, 4.69) is 30.2 Å². The van der Waals surface area contributed by atoms with Gasteiger partial charge in [-0.3, -0.25) is 4.79 Å². The maximum Gasteiger partial charge on any atom is 0.315 e. The molecule has 0 N–H and O–H groups in total. The zero-order valence-electron chi connectivity index (χ0n) is 17.9. The molecule has 6 atom stereocenters. The van der Waals surface area contributed by atoms with Crippen molar-refractivity contribution in [1.29, 1.82) is 0 Å². The topological polar surface area (TPSA) is 57.2 Å². The number of methoxy groups -OCH3 is 2. The first-order valence-electron chi connectivity index (χ1n) is 10.9. The molecule has 0 unspecified atom stereocenters. The van der Waals surface area contributed by atoms with E-state index in [1.54, 1.807) is 14.2 Å². The van der Waals surface area contributed by atoms with Gasteiger partial charge in [-0.25, -0.2) is 0 Å². The van der Waals surface area contributed by atoms with Crippen molar-refractivity contribution in [3.63, 3.8) is 0 Å². The highest BCUT2D eigenvalue weighted by atomic mass is 16.6. The van der Waals surface area contributed by atoms with E-state index in [4.69, 9.17) is 18.9 Å². The number of likely N-dealkylation sites (N-methyl/N-ethyl adjacent to an activating group) is 1. The Morgan fingerprint density at radius 3 is 2.83 bits per heavy atom. The monoisotopic (exact) mass is 409 g/mol. The molecule has 6 bridgehead atoms. The Labute approximate surface area is 176 Å². The van der Waals surface area contributed by atoms with Crippen LogP contribution in [-0.4, -0.2) is 62.5 Å². The number of carbonyl (C=O) groups excluding carboxylic acids is 1. The van der Waals surface area contributed by atoms with Gasteiger partial charge in [0.05, 0.1) is 12.5 Å². The largest absolute Gasteiger partial charge is 0.493 e. The summed E-state index contributed by atoms with van der Waals surface area (Å²) in [6.45, 7) is 3.20. The van der Waals surface area contributed by atoms with Crippen molar-refractivity contribution in [2.75, 3.05) is 34.4 Å². The van der Waals surface area contributed by atoms with Crippen LogP contribution in [0.1, 0.15) is 30.9 Å². The van der Waals surface area contributed by atoms with Crippen molar-refractivity contribution in [2.24, 2.45) is 10.8 Å². The molecule has 6 nitrogen and oxygen atoms in total. The smallest absolute Gasteiger partial charge is 0.315 e. The van der Waals surface area contributed by atoms with Crippen LogP contribution in [0.4, 0.5) is 0 Å². The van der Waals surface area contributed by atoms with Gasteiger partial charge in [-0.05, 0) is 51.4 Å². The van der Waals surface area contributed by atoms with Gasteiger partial charge in [-0.1, -0.05) is 18.2 Å². The number of esters is 1. The second kappa shape index (κ2) is 4.73. The van der Waals surface area contributed by atoms with Crippen LogP contribution >= 0.6 is 0 Å².